The number of hydrogen-bond donors (Lipinski definition) is 1. The summed E-state index contributed by atoms with van der Waals surface area (Å²) in [6.07, 6.45) is 2.07. The fourth-order valence-electron chi connectivity index (χ4n) is 2.36. The lowest BCUT2D eigenvalue weighted by atomic mass is 9.98. The number of aryl methyl sites for hydroxylation is 2. The molecule has 2 rings (SSSR count). The molecule has 0 fully saturated rings. The van der Waals surface area contributed by atoms with Gasteiger partial charge in [-0.3, -0.25) is 4.79 Å². The van der Waals surface area contributed by atoms with Gasteiger partial charge in [-0.05, 0) is 37.5 Å². The molecule has 0 radical (unpaired) electrons. The topological polar surface area (TPSA) is 55.0 Å². The number of hydrogen-bond acceptors (Lipinski definition) is 3. The fourth-order valence-corrected chi connectivity index (χ4v) is 2.36. The molecule has 19 heavy (non-hydrogen) atoms. The third-order valence-electron chi connectivity index (χ3n) is 3.20. The smallest absolute Gasteiger partial charge is 0.254 e. The summed E-state index contributed by atoms with van der Waals surface area (Å²) < 4.78 is 5.45. The molecule has 2 aromatic rings. The number of benzene rings is 1. The van der Waals surface area contributed by atoms with Crippen LogP contribution in [0.5, 0.6) is 5.75 Å². The van der Waals surface area contributed by atoms with E-state index in [4.69, 9.17) is 4.74 Å². The Bertz CT molecular complexity index is 660. The Labute approximate surface area is 112 Å². The molecule has 0 saturated carbocycles. The van der Waals surface area contributed by atoms with E-state index in [0.29, 0.717) is 17.7 Å². The van der Waals surface area contributed by atoms with E-state index in [9.17, 15) is 4.79 Å². The molecule has 0 bridgehead atoms. The van der Waals surface area contributed by atoms with Crippen LogP contribution < -0.4 is 10.3 Å². The normalized spacial score (nSPS) is 10.5. The van der Waals surface area contributed by atoms with Crippen LogP contribution >= 0.6 is 0 Å². The van der Waals surface area contributed by atoms with Crippen molar-refractivity contribution in [3.63, 3.8) is 0 Å². The van der Waals surface area contributed by atoms with Gasteiger partial charge < -0.3 is 9.72 Å². The Kier molecular flexibility index (Phi) is 3.69. The molecule has 0 atom stereocenters. The highest BCUT2D eigenvalue weighted by molar-refractivity contribution is 5.73. The van der Waals surface area contributed by atoms with Crippen LogP contribution in [0.3, 0.4) is 0 Å². The molecule has 4 heteroatoms. The standard InChI is InChI=1S/C15H18N2O2/c1-5-11-14(16-8-17-15(11)18)13-10(3)6-9(2)7-12(13)19-4/h6-8H,5H2,1-4H3,(H,16,17,18). The number of H-pyrrole nitrogens is 1. The van der Waals surface area contributed by atoms with E-state index < -0.39 is 0 Å². The zero-order valence-corrected chi connectivity index (χ0v) is 11.7. The predicted molar refractivity (Wildman–Crippen MR) is 75.7 cm³/mol. The minimum atomic E-state index is -0.0884. The Balaban J connectivity index is 2.79. The van der Waals surface area contributed by atoms with Gasteiger partial charge in [-0.25, -0.2) is 4.98 Å². The van der Waals surface area contributed by atoms with Gasteiger partial charge in [0, 0.05) is 11.1 Å². The summed E-state index contributed by atoms with van der Waals surface area (Å²) in [7, 11) is 1.64. The van der Waals surface area contributed by atoms with E-state index in [2.05, 4.69) is 16.0 Å². The zero-order valence-electron chi connectivity index (χ0n) is 11.7. The van der Waals surface area contributed by atoms with Gasteiger partial charge in [-0.2, -0.15) is 0 Å². The van der Waals surface area contributed by atoms with Crippen molar-refractivity contribution in [3.05, 3.63) is 45.5 Å². The first-order valence-corrected chi connectivity index (χ1v) is 6.30. The molecule has 1 heterocycles. The number of methoxy groups -OCH3 is 1. The lowest BCUT2D eigenvalue weighted by Crippen LogP contribution is -2.14. The minimum Gasteiger partial charge on any atom is -0.496 e. The van der Waals surface area contributed by atoms with E-state index in [1.165, 1.54) is 6.33 Å². The van der Waals surface area contributed by atoms with Crippen molar-refractivity contribution in [2.75, 3.05) is 7.11 Å². The van der Waals surface area contributed by atoms with Crippen molar-refractivity contribution in [2.45, 2.75) is 27.2 Å². The first kappa shape index (κ1) is 13.3. The molecule has 0 spiro atoms. The average molecular weight is 258 g/mol. The van der Waals surface area contributed by atoms with Crippen LogP contribution in [0.4, 0.5) is 0 Å². The van der Waals surface area contributed by atoms with Gasteiger partial charge in [0.05, 0.1) is 19.1 Å². The summed E-state index contributed by atoms with van der Waals surface area (Å²) in [6.45, 7) is 5.98. The SMILES string of the molecule is CCc1c(-c2c(C)cc(C)cc2OC)nc[nH]c1=O. The van der Waals surface area contributed by atoms with Crippen molar-refractivity contribution in [3.8, 4) is 17.0 Å². The number of aromatic nitrogens is 2. The van der Waals surface area contributed by atoms with E-state index in [-0.39, 0.29) is 5.56 Å². The fraction of sp³-hybridized carbons (Fsp3) is 0.333. The lowest BCUT2D eigenvalue weighted by molar-refractivity contribution is 0.415. The molecular formula is C15H18N2O2. The first-order valence-electron chi connectivity index (χ1n) is 6.30. The maximum atomic E-state index is 11.9. The molecule has 1 aromatic heterocycles. The number of nitrogens with zero attached hydrogens (tertiary/aromatic N) is 1. The lowest BCUT2D eigenvalue weighted by Gasteiger charge is -2.14. The highest BCUT2D eigenvalue weighted by Crippen LogP contribution is 2.34. The van der Waals surface area contributed by atoms with Crippen LogP contribution in [0.2, 0.25) is 0 Å². The molecule has 1 aromatic carbocycles. The largest absolute Gasteiger partial charge is 0.496 e. The molecule has 0 aliphatic heterocycles. The van der Waals surface area contributed by atoms with Gasteiger partial charge in [0.1, 0.15) is 5.75 Å². The van der Waals surface area contributed by atoms with Crippen LogP contribution in [-0.4, -0.2) is 17.1 Å². The number of nitrogens with one attached hydrogen (secondary N) is 1. The number of aromatic amines is 1. The zero-order chi connectivity index (χ0) is 14.0. The van der Waals surface area contributed by atoms with E-state index in [1.807, 2.05) is 26.8 Å². The third-order valence-corrected chi connectivity index (χ3v) is 3.20. The van der Waals surface area contributed by atoms with Crippen molar-refractivity contribution < 1.29 is 4.74 Å². The molecule has 0 unspecified atom stereocenters. The molecule has 0 amide bonds. The molecule has 100 valence electrons. The van der Waals surface area contributed by atoms with Crippen LogP contribution in [0, 0.1) is 13.8 Å². The van der Waals surface area contributed by atoms with Gasteiger partial charge in [-0.15, -0.1) is 0 Å². The summed E-state index contributed by atoms with van der Waals surface area (Å²) in [5.74, 6) is 0.755. The second kappa shape index (κ2) is 5.26. The summed E-state index contributed by atoms with van der Waals surface area (Å²) in [4.78, 5) is 18.9. The number of rotatable bonds is 3. The van der Waals surface area contributed by atoms with Crippen molar-refractivity contribution in [2.24, 2.45) is 0 Å². The van der Waals surface area contributed by atoms with E-state index in [1.54, 1.807) is 7.11 Å². The van der Waals surface area contributed by atoms with E-state index >= 15 is 0 Å². The van der Waals surface area contributed by atoms with Crippen molar-refractivity contribution >= 4 is 0 Å². The molecule has 1 N–H and O–H groups in total. The van der Waals surface area contributed by atoms with Crippen LogP contribution in [0.15, 0.2) is 23.3 Å². The summed E-state index contributed by atoms with van der Waals surface area (Å²) in [5.41, 5.74) is 4.39. The Morgan fingerprint density at radius 1 is 1.32 bits per heavy atom. The Hall–Kier alpha value is -2.10. The molecule has 4 nitrogen and oxygen atoms in total. The maximum absolute atomic E-state index is 11.9. The van der Waals surface area contributed by atoms with Gasteiger partial charge >= 0.3 is 0 Å². The van der Waals surface area contributed by atoms with Crippen molar-refractivity contribution in [1.82, 2.24) is 9.97 Å². The minimum absolute atomic E-state index is 0.0884. The summed E-state index contributed by atoms with van der Waals surface area (Å²) >= 11 is 0. The summed E-state index contributed by atoms with van der Waals surface area (Å²) in [5, 5.41) is 0. The van der Waals surface area contributed by atoms with Crippen LogP contribution in [-0.2, 0) is 6.42 Å². The second-order valence-electron chi connectivity index (χ2n) is 4.57. The van der Waals surface area contributed by atoms with Crippen LogP contribution in [0.1, 0.15) is 23.6 Å². The Morgan fingerprint density at radius 2 is 2.05 bits per heavy atom. The highest BCUT2D eigenvalue weighted by Gasteiger charge is 2.16. The van der Waals surface area contributed by atoms with Crippen molar-refractivity contribution in [1.29, 1.82) is 0 Å². The molecule has 0 saturated heterocycles. The van der Waals surface area contributed by atoms with Gasteiger partial charge in [0.25, 0.3) is 5.56 Å². The molecular weight excluding hydrogens is 240 g/mol. The van der Waals surface area contributed by atoms with E-state index in [0.717, 1.165) is 22.4 Å². The quantitative estimate of drug-likeness (QED) is 0.920. The second-order valence-corrected chi connectivity index (χ2v) is 4.57. The summed E-state index contributed by atoms with van der Waals surface area (Å²) in [6, 6.07) is 4.03. The highest BCUT2D eigenvalue weighted by atomic mass is 16.5. The number of ether oxygens (including phenoxy) is 1. The maximum Gasteiger partial charge on any atom is 0.254 e. The Morgan fingerprint density at radius 3 is 2.68 bits per heavy atom. The molecule has 0 aliphatic rings. The first-order chi connectivity index (χ1) is 9.08. The monoisotopic (exact) mass is 258 g/mol. The van der Waals surface area contributed by atoms with Crippen LogP contribution in [0.25, 0.3) is 11.3 Å². The average Bonchev–Trinajstić information content (AvgIpc) is 2.37. The van der Waals surface area contributed by atoms with Gasteiger partial charge in [-0.1, -0.05) is 13.0 Å². The molecule has 0 aliphatic carbocycles. The third kappa shape index (κ3) is 2.38. The predicted octanol–water partition coefficient (Wildman–Crippen LogP) is 2.62. The van der Waals surface area contributed by atoms with Gasteiger partial charge in [0.2, 0.25) is 0 Å². The van der Waals surface area contributed by atoms with Gasteiger partial charge in [0.15, 0.2) is 0 Å².